The zero-order chi connectivity index (χ0) is 20.5. The van der Waals surface area contributed by atoms with Gasteiger partial charge >= 0.3 is 6.03 Å². The molecule has 0 atom stereocenters. The Morgan fingerprint density at radius 1 is 1.00 bits per heavy atom. The number of benzene rings is 2. The maximum atomic E-state index is 12.1. The molecule has 0 saturated carbocycles. The van der Waals surface area contributed by atoms with E-state index in [1.54, 1.807) is 7.11 Å². The van der Waals surface area contributed by atoms with E-state index in [0.717, 1.165) is 54.9 Å². The second kappa shape index (κ2) is 10.5. The number of carbonyl (C=O) groups is 2. The lowest BCUT2D eigenvalue weighted by molar-refractivity contribution is -0.130. The Morgan fingerprint density at radius 3 is 2.45 bits per heavy atom. The van der Waals surface area contributed by atoms with Crippen molar-refractivity contribution in [3.63, 3.8) is 0 Å². The van der Waals surface area contributed by atoms with Crippen LogP contribution in [0.1, 0.15) is 30.4 Å². The summed E-state index contributed by atoms with van der Waals surface area (Å²) in [4.78, 5) is 26.2. The molecule has 0 aliphatic carbocycles. The number of aryl methyl sites for hydroxylation is 1. The number of ether oxygens (including phenoxy) is 1. The predicted octanol–water partition coefficient (Wildman–Crippen LogP) is 3.61. The van der Waals surface area contributed by atoms with Gasteiger partial charge < -0.3 is 20.3 Å². The van der Waals surface area contributed by atoms with Crippen molar-refractivity contribution < 1.29 is 14.3 Å². The van der Waals surface area contributed by atoms with E-state index in [-0.39, 0.29) is 11.9 Å². The Morgan fingerprint density at radius 2 is 1.72 bits per heavy atom. The molecular formula is C23H29N3O3. The van der Waals surface area contributed by atoms with Crippen molar-refractivity contribution >= 4 is 17.6 Å². The van der Waals surface area contributed by atoms with Crippen LogP contribution in [0.5, 0.6) is 5.75 Å². The minimum absolute atomic E-state index is 0.235. The first kappa shape index (κ1) is 20.7. The van der Waals surface area contributed by atoms with Gasteiger partial charge in [-0.1, -0.05) is 30.3 Å². The summed E-state index contributed by atoms with van der Waals surface area (Å²) in [5.41, 5.74) is 2.89. The SMILES string of the molecule is COc1ccccc1CCNC(=O)Nc1ccc(CCC(=O)N2CCCC2)cc1. The van der Waals surface area contributed by atoms with E-state index in [2.05, 4.69) is 10.6 Å². The monoisotopic (exact) mass is 395 g/mol. The van der Waals surface area contributed by atoms with Gasteiger partial charge in [0, 0.05) is 31.7 Å². The number of rotatable bonds is 8. The Bertz CT molecular complexity index is 814. The molecule has 0 aromatic heterocycles. The van der Waals surface area contributed by atoms with Gasteiger partial charge in [0.05, 0.1) is 7.11 Å². The number of carbonyl (C=O) groups excluding carboxylic acids is 2. The fourth-order valence-corrected chi connectivity index (χ4v) is 3.53. The van der Waals surface area contributed by atoms with Gasteiger partial charge in [-0.05, 0) is 55.0 Å². The smallest absolute Gasteiger partial charge is 0.319 e. The standard InChI is InChI=1S/C23H29N3O3/c1-29-21-7-3-2-6-19(21)14-15-24-23(28)25-20-11-8-18(9-12-20)10-13-22(27)26-16-4-5-17-26/h2-3,6-9,11-12H,4-5,10,13-17H2,1H3,(H2,24,25,28). The van der Waals surface area contributed by atoms with Crippen LogP contribution in [0.4, 0.5) is 10.5 Å². The lowest BCUT2D eigenvalue weighted by Gasteiger charge is -2.15. The molecule has 3 amide bonds. The van der Waals surface area contributed by atoms with Crippen LogP contribution in [0.2, 0.25) is 0 Å². The van der Waals surface area contributed by atoms with Gasteiger partial charge in [-0.3, -0.25) is 4.79 Å². The predicted molar refractivity (Wildman–Crippen MR) is 114 cm³/mol. The zero-order valence-corrected chi connectivity index (χ0v) is 16.9. The molecule has 3 rings (SSSR count). The molecule has 6 heteroatoms. The average molecular weight is 396 g/mol. The fraction of sp³-hybridized carbons (Fsp3) is 0.391. The Kier molecular flexibility index (Phi) is 7.50. The number of methoxy groups -OCH3 is 1. The largest absolute Gasteiger partial charge is 0.496 e. The van der Waals surface area contributed by atoms with Gasteiger partial charge in [-0.2, -0.15) is 0 Å². The van der Waals surface area contributed by atoms with Crippen LogP contribution in [0.25, 0.3) is 0 Å². The maximum absolute atomic E-state index is 12.1. The molecule has 1 fully saturated rings. The molecular weight excluding hydrogens is 366 g/mol. The van der Waals surface area contributed by atoms with E-state index in [4.69, 9.17) is 4.74 Å². The Balaban J connectivity index is 1.39. The van der Waals surface area contributed by atoms with Crippen LogP contribution in [0, 0.1) is 0 Å². The molecule has 29 heavy (non-hydrogen) atoms. The fourth-order valence-electron chi connectivity index (χ4n) is 3.53. The van der Waals surface area contributed by atoms with Crippen LogP contribution in [-0.4, -0.2) is 43.6 Å². The van der Waals surface area contributed by atoms with Crippen molar-refractivity contribution in [3.05, 3.63) is 59.7 Å². The van der Waals surface area contributed by atoms with Gasteiger partial charge in [0.25, 0.3) is 0 Å². The molecule has 0 radical (unpaired) electrons. The molecule has 1 heterocycles. The van der Waals surface area contributed by atoms with Gasteiger partial charge in [0.1, 0.15) is 5.75 Å². The molecule has 1 saturated heterocycles. The minimum atomic E-state index is -0.239. The topological polar surface area (TPSA) is 70.7 Å². The number of urea groups is 1. The molecule has 1 aliphatic rings. The summed E-state index contributed by atoms with van der Waals surface area (Å²) in [5.74, 6) is 1.06. The lowest BCUT2D eigenvalue weighted by atomic mass is 10.1. The molecule has 2 aromatic rings. The molecule has 2 aromatic carbocycles. The number of likely N-dealkylation sites (tertiary alicyclic amines) is 1. The zero-order valence-electron chi connectivity index (χ0n) is 16.9. The normalized spacial score (nSPS) is 13.2. The summed E-state index contributed by atoms with van der Waals surface area (Å²) >= 11 is 0. The van der Waals surface area contributed by atoms with Gasteiger partial charge in [-0.25, -0.2) is 4.79 Å². The van der Waals surface area contributed by atoms with Gasteiger partial charge in [-0.15, -0.1) is 0 Å². The molecule has 154 valence electrons. The lowest BCUT2D eigenvalue weighted by Crippen LogP contribution is -2.30. The van der Waals surface area contributed by atoms with Gasteiger partial charge in [0.15, 0.2) is 0 Å². The van der Waals surface area contributed by atoms with Crippen molar-refractivity contribution in [2.45, 2.75) is 32.1 Å². The summed E-state index contributed by atoms with van der Waals surface area (Å²) in [7, 11) is 1.64. The van der Waals surface area contributed by atoms with E-state index in [1.807, 2.05) is 53.4 Å². The molecule has 6 nitrogen and oxygen atoms in total. The van der Waals surface area contributed by atoms with Crippen LogP contribution in [0.15, 0.2) is 48.5 Å². The Hall–Kier alpha value is -3.02. The third kappa shape index (κ3) is 6.24. The number of nitrogens with one attached hydrogen (secondary N) is 2. The average Bonchev–Trinajstić information content (AvgIpc) is 3.28. The number of nitrogens with zero attached hydrogens (tertiary/aromatic N) is 1. The molecule has 1 aliphatic heterocycles. The van der Waals surface area contributed by atoms with Crippen LogP contribution in [-0.2, 0) is 17.6 Å². The molecule has 0 unspecified atom stereocenters. The minimum Gasteiger partial charge on any atom is -0.496 e. The third-order valence-corrected chi connectivity index (χ3v) is 5.17. The highest BCUT2D eigenvalue weighted by molar-refractivity contribution is 5.89. The van der Waals surface area contributed by atoms with Crippen molar-refractivity contribution in [2.75, 3.05) is 32.1 Å². The summed E-state index contributed by atoms with van der Waals surface area (Å²) in [6.45, 7) is 2.31. The molecule has 0 bridgehead atoms. The van der Waals surface area contributed by atoms with E-state index < -0.39 is 0 Å². The number of hydrogen-bond donors (Lipinski definition) is 2. The molecule has 2 N–H and O–H groups in total. The number of anilines is 1. The highest BCUT2D eigenvalue weighted by Crippen LogP contribution is 2.17. The summed E-state index contributed by atoms with van der Waals surface area (Å²) < 4.78 is 5.32. The number of para-hydroxylation sites is 1. The van der Waals surface area contributed by atoms with Crippen molar-refractivity contribution in [3.8, 4) is 5.75 Å². The number of hydrogen-bond acceptors (Lipinski definition) is 3. The van der Waals surface area contributed by atoms with Crippen molar-refractivity contribution in [2.24, 2.45) is 0 Å². The highest BCUT2D eigenvalue weighted by Gasteiger charge is 2.17. The summed E-state index contributed by atoms with van der Waals surface area (Å²) in [5, 5.41) is 5.70. The van der Waals surface area contributed by atoms with Crippen LogP contribution < -0.4 is 15.4 Å². The second-order valence-electron chi connectivity index (χ2n) is 7.23. The van der Waals surface area contributed by atoms with E-state index in [0.29, 0.717) is 19.4 Å². The van der Waals surface area contributed by atoms with E-state index in [9.17, 15) is 9.59 Å². The number of amides is 3. The third-order valence-electron chi connectivity index (χ3n) is 5.17. The maximum Gasteiger partial charge on any atom is 0.319 e. The molecule has 0 spiro atoms. The van der Waals surface area contributed by atoms with E-state index >= 15 is 0 Å². The first-order valence-corrected chi connectivity index (χ1v) is 10.2. The quantitative estimate of drug-likeness (QED) is 0.717. The van der Waals surface area contributed by atoms with Crippen molar-refractivity contribution in [1.82, 2.24) is 10.2 Å². The Labute approximate surface area is 172 Å². The van der Waals surface area contributed by atoms with Gasteiger partial charge in [0.2, 0.25) is 5.91 Å². The first-order valence-electron chi connectivity index (χ1n) is 10.2. The summed E-state index contributed by atoms with van der Waals surface area (Å²) in [6.07, 6.45) is 4.19. The summed E-state index contributed by atoms with van der Waals surface area (Å²) in [6, 6.07) is 15.2. The van der Waals surface area contributed by atoms with Crippen LogP contribution in [0.3, 0.4) is 0 Å². The first-order chi connectivity index (χ1) is 14.2. The van der Waals surface area contributed by atoms with Crippen molar-refractivity contribution in [1.29, 1.82) is 0 Å². The van der Waals surface area contributed by atoms with E-state index in [1.165, 1.54) is 0 Å². The second-order valence-corrected chi connectivity index (χ2v) is 7.23. The van der Waals surface area contributed by atoms with Crippen LogP contribution >= 0.6 is 0 Å². The highest BCUT2D eigenvalue weighted by atomic mass is 16.5.